The number of hydrogen-bond donors (Lipinski definition) is 1. The van der Waals surface area contributed by atoms with Gasteiger partial charge in [-0.2, -0.15) is 5.26 Å². The summed E-state index contributed by atoms with van der Waals surface area (Å²) in [5, 5.41) is 14.1. The predicted octanol–water partition coefficient (Wildman–Crippen LogP) is 3.26. The Morgan fingerprint density at radius 3 is 3.08 bits per heavy atom. The molecule has 0 saturated carbocycles. The van der Waals surface area contributed by atoms with Gasteiger partial charge in [0.05, 0.1) is 11.6 Å². The highest BCUT2D eigenvalue weighted by atomic mass is 32.1. The topological polar surface area (TPSA) is 56.1 Å². The van der Waals surface area contributed by atoms with E-state index in [1.807, 2.05) is 0 Å². The molecule has 24 heavy (non-hydrogen) atoms. The molecule has 1 amide bonds. The first-order valence-electron chi connectivity index (χ1n) is 8.27. The van der Waals surface area contributed by atoms with Crippen molar-refractivity contribution in [1.29, 1.82) is 5.26 Å². The summed E-state index contributed by atoms with van der Waals surface area (Å²) in [5.74, 6) is 0.393. The fourth-order valence-electron chi connectivity index (χ4n) is 3.15. The van der Waals surface area contributed by atoms with Crippen molar-refractivity contribution in [3.8, 4) is 6.07 Å². The van der Waals surface area contributed by atoms with Gasteiger partial charge in [-0.15, -0.1) is 11.3 Å². The number of benzene rings is 1. The van der Waals surface area contributed by atoms with Gasteiger partial charge in [0, 0.05) is 30.1 Å². The Morgan fingerprint density at radius 1 is 1.38 bits per heavy atom. The zero-order valence-corrected chi connectivity index (χ0v) is 14.4. The maximum Gasteiger partial charge on any atom is 0.251 e. The lowest BCUT2D eigenvalue weighted by atomic mass is 9.97. The monoisotopic (exact) mass is 339 g/mol. The molecule has 124 valence electrons. The molecule has 3 rings (SSSR count). The summed E-state index contributed by atoms with van der Waals surface area (Å²) < 4.78 is 0. The van der Waals surface area contributed by atoms with E-state index < -0.39 is 0 Å². The Labute approximate surface area is 146 Å². The average Bonchev–Trinajstić information content (AvgIpc) is 3.13. The van der Waals surface area contributed by atoms with Crippen LogP contribution >= 0.6 is 11.3 Å². The largest absolute Gasteiger partial charge is 0.352 e. The molecule has 0 radical (unpaired) electrons. The van der Waals surface area contributed by atoms with Crippen molar-refractivity contribution in [3.05, 3.63) is 57.8 Å². The van der Waals surface area contributed by atoms with Gasteiger partial charge in [0.15, 0.2) is 0 Å². The number of piperidine rings is 1. The molecule has 1 saturated heterocycles. The Kier molecular flexibility index (Phi) is 5.63. The fourth-order valence-corrected chi connectivity index (χ4v) is 3.90. The Morgan fingerprint density at radius 2 is 2.29 bits per heavy atom. The first kappa shape index (κ1) is 16.7. The van der Waals surface area contributed by atoms with Crippen LogP contribution in [-0.2, 0) is 6.54 Å². The summed E-state index contributed by atoms with van der Waals surface area (Å²) in [5.41, 5.74) is 1.07. The SMILES string of the molecule is N#Cc1cccc(C(=O)NC[C@H]2CCCN(Cc3cccs3)C2)c1. The van der Waals surface area contributed by atoms with Gasteiger partial charge in [0.25, 0.3) is 5.91 Å². The number of thiophene rings is 1. The first-order valence-corrected chi connectivity index (χ1v) is 9.15. The molecule has 1 aromatic carbocycles. The predicted molar refractivity (Wildman–Crippen MR) is 95.8 cm³/mol. The molecular weight excluding hydrogens is 318 g/mol. The molecule has 5 heteroatoms. The van der Waals surface area contributed by atoms with Crippen LogP contribution in [0.5, 0.6) is 0 Å². The molecule has 1 aliphatic heterocycles. The molecule has 2 heterocycles. The molecule has 1 atom stereocenters. The molecule has 2 aromatic rings. The van der Waals surface area contributed by atoms with E-state index in [2.05, 4.69) is 33.8 Å². The fraction of sp³-hybridized carbons (Fsp3) is 0.368. The lowest BCUT2D eigenvalue weighted by molar-refractivity contribution is 0.0931. The van der Waals surface area contributed by atoms with Crippen LogP contribution in [0.15, 0.2) is 41.8 Å². The van der Waals surface area contributed by atoms with Gasteiger partial charge in [-0.25, -0.2) is 0 Å². The minimum atomic E-state index is -0.0949. The third-order valence-electron chi connectivity index (χ3n) is 4.37. The lowest BCUT2D eigenvalue weighted by Gasteiger charge is -2.32. The number of nitriles is 1. The first-order chi connectivity index (χ1) is 11.7. The van der Waals surface area contributed by atoms with Gasteiger partial charge in [-0.05, 0) is 54.9 Å². The highest BCUT2D eigenvalue weighted by Gasteiger charge is 2.21. The summed E-state index contributed by atoms with van der Waals surface area (Å²) in [6.45, 7) is 3.85. The molecule has 0 aliphatic carbocycles. The number of nitrogens with zero attached hydrogens (tertiary/aromatic N) is 2. The van der Waals surface area contributed by atoms with Crippen LogP contribution in [0.25, 0.3) is 0 Å². The van der Waals surface area contributed by atoms with Crippen molar-refractivity contribution in [1.82, 2.24) is 10.2 Å². The van der Waals surface area contributed by atoms with Gasteiger partial charge in [-0.3, -0.25) is 9.69 Å². The molecule has 0 unspecified atom stereocenters. The van der Waals surface area contributed by atoms with Crippen molar-refractivity contribution >= 4 is 17.2 Å². The van der Waals surface area contributed by atoms with E-state index in [-0.39, 0.29) is 5.91 Å². The number of amides is 1. The van der Waals surface area contributed by atoms with Crippen molar-refractivity contribution in [2.24, 2.45) is 5.92 Å². The highest BCUT2D eigenvalue weighted by Crippen LogP contribution is 2.20. The second-order valence-corrected chi connectivity index (χ2v) is 7.26. The van der Waals surface area contributed by atoms with E-state index in [0.717, 1.165) is 26.1 Å². The number of carbonyl (C=O) groups excluding carboxylic acids is 1. The van der Waals surface area contributed by atoms with Crippen LogP contribution in [0.3, 0.4) is 0 Å². The van der Waals surface area contributed by atoms with E-state index in [1.54, 1.807) is 35.6 Å². The quantitative estimate of drug-likeness (QED) is 0.910. The van der Waals surface area contributed by atoms with Gasteiger partial charge < -0.3 is 5.32 Å². The van der Waals surface area contributed by atoms with Crippen LogP contribution in [0.4, 0.5) is 0 Å². The van der Waals surface area contributed by atoms with Crippen LogP contribution in [-0.4, -0.2) is 30.4 Å². The second kappa shape index (κ2) is 8.09. The third-order valence-corrected chi connectivity index (χ3v) is 5.23. The van der Waals surface area contributed by atoms with Crippen LogP contribution in [0.1, 0.15) is 33.6 Å². The van der Waals surface area contributed by atoms with Crippen molar-refractivity contribution in [2.45, 2.75) is 19.4 Å². The standard InChI is InChI=1S/C19H21N3OS/c20-11-15-4-1-6-17(10-15)19(23)21-12-16-5-2-8-22(13-16)14-18-7-3-9-24-18/h1,3-4,6-7,9-10,16H,2,5,8,12-14H2,(H,21,23)/t16-/m1/s1. The number of carbonyl (C=O) groups is 1. The molecule has 0 spiro atoms. The highest BCUT2D eigenvalue weighted by molar-refractivity contribution is 7.09. The minimum Gasteiger partial charge on any atom is -0.352 e. The Balaban J connectivity index is 1.50. The maximum atomic E-state index is 12.3. The summed E-state index contributed by atoms with van der Waals surface area (Å²) in [7, 11) is 0. The van der Waals surface area contributed by atoms with Crippen molar-refractivity contribution in [3.63, 3.8) is 0 Å². The van der Waals surface area contributed by atoms with Crippen LogP contribution in [0.2, 0.25) is 0 Å². The normalized spacial score (nSPS) is 18.0. The van der Waals surface area contributed by atoms with Gasteiger partial charge in [0.2, 0.25) is 0 Å². The smallest absolute Gasteiger partial charge is 0.251 e. The van der Waals surface area contributed by atoms with Gasteiger partial charge >= 0.3 is 0 Å². The van der Waals surface area contributed by atoms with E-state index in [4.69, 9.17) is 5.26 Å². The minimum absolute atomic E-state index is 0.0949. The molecule has 1 fully saturated rings. The maximum absolute atomic E-state index is 12.3. The van der Waals surface area contributed by atoms with E-state index in [9.17, 15) is 4.79 Å². The summed E-state index contributed by atoms with van der Waals surface area (Å²) >= 11 is 1.80. The summed E-state index contributed by atoms with van der Waals surface area (Å²) in [4.78, 5) is 16.1. The van der Waals surface area contributed by atoms with Gasteiger partial charge in [-0.1, -0.05) is 12.1 Å². The molecular formula is C19H21N3OS. The van der Waals surface area contributed by atoms with Crippen molar-refractivity contribution in [2.75, 3.05) is 19.6 Å². The lowest BCUT2D eigenvalue weighted by Crippen LogP contribution is -2.40. The number of nitrogens with one attached hydrogen (secondary N) is 1. The summed E-state index contributed by atoms with van der Waals surface area (Å²) in [6.07, 6.45) is 2.33. The summed E-state index contributed by atoms with van der Waals surface area (Å²) in [6, 6.07) is 13.2. The molecule has 0 bridgehead atoms. The average molecular weight is 339 g/mol. The van der Waals surface area contributed by atoms with E-state index in [0.29, 0.717) is 23.6 Å². The van der Waals surface area contributed by atoms with E-state index >= 15 is 0 Å². The Bertz CT molecular complexity index is 720. The molecule has 1 N–H and O–H groups in total. The Hall–Kier alpha value is -2.16. The van der Waals surface area contributed by atoms with Crippen molar-refractivity contribution < 1.29 is 4.79 Å². The second-order valence-electron chi connectivity index (χ2n) is 6.23. The van der Waals surface area contributed by atoms with E-state index in [1.165, 1.54) is 11.3 Å². The number of likely N-dealkylation sites (tertiary alicyclic amines) is 1. The number of rotatable bonds is 5. The zero-order valence-electron chi connectivity index (χ0n) is 13.6. The molecule has 4 nitrogen and oxygen atoms in total. The zero-order chi connectivity index (χ0) is 16.8. The molecule has 1 aromatic heterocycles. The van der Waals surface area contributed by atoms with Crippen LogP contribution in [0, 0.1) is 17.2 Å². The third kappa shape index (κ3) is 4.44. The van der Waals surface area contributed by atoms with Crippen LogP contribution < -0.4 is 5.32 Å². The number of hydrogen-bond acceptors (Lipinski definition) is 4. The molecule has 1 aliphatic rings. The van der Waals surface area contributed by atoms with Gasteiger partial charge in [0.1, 0.15) is 0 Å².